The minimum absolute atomic E-state index is 0.250. The second kappa shape index (κ2) is 46.5. The third-order valence-corrected chi connectivity index (χ3v) is 14.3. The van der Waals surface area contributed by atoms with Crippen LogP contribution in [0.25, 0.3) is 0 Å². The molecule has 8 atom stereocenters. The van der Waals surface area contributed by atoms with Crippen LogP contribution in [0, 0.1) is 0 Å². The number of carbonyl (C=O) groups is 1. The Kier molecular flexibility index (Phi) is 44.5. The Hall–Kier alpha value is -0.850. The molecule has 0 spiro atoms. The predicted octanol–water partition coefficient (Wildman–Crippen LogP) is 12.8. The normalized spacial score (nSPS) is 20.2. The van der Waals surface area contributed by atoms with Crippen LogP contribution in [-0.2, 0) is 14.3 Å². The van der Waals surface area contributed by atoms with Gasteiger partial charge in [-0.1, -0.05) is 277 Å². The Bertz CT molecular complexity index is 1020. The smallest absolute Gasteiger partial charge is 0.249 e. The first kappa shape index (κ1) is 63.2. The van der Waals surface area contributed by atoms with Crippen molar-refractivity contribution in [3.8, 4) is 0 Å². The maximum absolute atomic E-state index is 13.1. The summed E-state index contributed by atoms with van der Waals surface area (Å²) >= 11 is 0. The van der Waals surface area contributed by atoms with Crippen molar-refractivity contribution in [2.24, 2.45) is 0 Å². The summed E-state index contributed by atoms with van der Waals surface area (Å²) in [6.45, 7) is 3.69. The van der Waals surface area contributed by atoms with E-state index in [0.29, 0.717) is 12.8 Å². The highest BCUT2D eigenvalue weighted by Gasteiger charge is 2.44. The van der Waals surface area contributed by atoms with E-state index in [1.807, 2.05) is 0 Å². The Labute approximate surface area is 407 Å². The Morgan fingerprint density at radius 1 is 0.455 bits per heavy atom. The number of aliphatic hydroxyl groups is 6. The van der Waals surface area contributed by atoms with Gasteiger partial charge in [0.05, 0.1) is 25.4 Å². The summed E-state index contributed by atoms with van der Waals surface area (Å²) in [7, 11) is 0. The second-order valence-corrected chi connectivity index (χ2v) is 20.6. The second-order valence-electron chi connectivity index (χ2n) is 20.6. The first-order valence-corrected chi connectivity index (χ1v) is 28.8. The molecular formula is C56H111NO9. The zero-order chi connectivity index (χ0) is 48.1. The molecule has 7 N–H and O–H groups in total. The predicted molar refractivity (Wildman–Crippen MR) is 274 cm³/mol. The monoisotopic (exact) mass is 942 g/mol. The standard InChI is InChI=1S/C56H111NO9/c1-3-5-7-9-11-13-15-16-17-18-19-20-21-22-23-24-25-26-27-28-29-30-31-32-33-35-37-39-41-43-45-50(60)55(64)57-48(47-65-56-54(63)53(62)52(61)51(46-58)66-56)49(59)44-42-40-38-36-34-14-12-10-8-6-4-2/h48-54,56,58-63H,3-47H2,1-2H3,(H,57,64). The fraction of sp³-hybridized carbons (Fsp3) is 0.982. The lowest BCUT2D eigenvalue weighted by Crippen LogP contribution is -2.60. The van der Waals surface area contributed by atoms with E-state index in [2.05, 4.69) is 19.2 Å². The van der Waals surface area contributed by atoms with Crippen molar-refractivity contribution in [2.75, 3.05) is 13.2 Å². The maximum atomic E-state index is 13.1. The van der Waals surface area contributed by atoms with Gasteiger partial charge in [0.2, 0.25) is 5.91 Å². The molecule has 1 amide bonds. The summed E-state index contributed by atoms with van der Waals surface area (Å²) in [6.07, 6.45) is 44.8. The van der Waals surface area contributed by atoms with E-state index in [1.54, 1.807) is 0 Å². The summed E-state index contributed by atoms with van der Waals surface area (Å²) < 4.78 is 11.2. The molecule has 0 aromatic carbocycles. The van der Waals surface area contributed by atoms with Crippen molar-refractivity contribution < 1.29 is 44.9 Å². The molecule has 1 fully saturated rings. The van der Waals surface area contributed by atoms with Gasteiger partial charge in [-0.2, -0.15) is 0 Å². The van der Waals surface area contributed by atoms with Gasteiger partial charge >= 0.3 is 0 Å². The summed E-state index contributed by atoms with van der Waals surface area (Å²) in [5.74, 6) is -0.578. The van der Waals surface area contributed by atoms with Crippen LogP contribution in [-0.4, -0.2) is 98.7 Å². The van der Waals surface area contributed by atoms with E-state index in [9.17, 15) is 35.4 Å². The largest absolute Gasteiger partial charge is 0.394 e. The number of nitrogens with one attached hydrogen (secondary N) is 1. The summed E-state index contributed by atoms with van der Waals surface area (Å²) in [5.41, 5.74) is 0. The van der Waals surface area contributed by atoms with Crippen LogP contribution in [0.1, 0.15) is 290 Å². The minimum Gasteiger partial charge on any atom is -0.394 e. The van der Waals surface area contributed by atoms with Crippen LogP contribution in [0.4, 0.5) is 0 Å². The lowest BCUT2D eigenvalue weighted by Gasteiger charge is -2.40. The molecule has 0 aromatic rings. The third-order valence-electron chi connectivity index (χ3n) is 14.3. The van der Waals surface area contributed by atoms with Gasteiger partial charge in [0.15, 0.2) is 6.29 Å². The topological polar surface area (TPSA) is 169 Å². The van der Waals surface area contributed by atoms with E-state index < -0.39 is 61.5 Å². The Morgan fingerprint density at radius 3 is 1.08 bits per heavy atom. The number of amides is 1. The molecule has 10 nitrogen and oxygen atoms in total. The van der Waals surface area contributed by atoms with Crippen LogP contribution in [0.5, 0.6) is 0 Å². The fourth-order valence-corrected chi connectivity index (χ4v) is 9.64. The number of rotatable bonds is 50. The number of unbranched alkanes of at least 4 members (excludes halogenated alkanes) is 39. The molecule has 1 aliphatic rings. The first-order chi connectivity index (χ1) is 32.3. The van der Waals surface area contributed by atoms with Crippen LogP contribution in [0.3, 0.4) is 0 Å². The SMILES string of the molecule is CCCCCCCCCCCCCCCCCCCCCCCCCCCCCCCCC(O)C(=O)NC(COC1OC(CO)C(O)C(O)C1O)C(O)CCCCCCCCCCCCC. The minimum atomic E-state index is -1.59. The Morgan fingerprint density at radius 2 is 0.758 bits per heavy atom. The first-order valence-electron chi connectivity index (χ1n) is 28.8. The highest BCUT2D eigenvalue weighted by molar-refractivity contribution is 5.80. The Balaban J connectivity index is 2.12. The molecule has 1 saturated heterocycles. The molecule has 1 aliphatic heterocycles. The highest BCUT2D eigenvalue weighted by atomic mass is 16.7. The lowest BCUT2D eigenvalue weighted by atomic mass is 9.99. The van der Waals surface area contributed by atoms with Crippen molar-refractivity contribution in [3.63, 3.8) is 0 Å². The van der Waals surface area contributed by atoms with Gasteiger partial charge in [-0.3, -0.25) is 4.79 Å². The van der Waals surface area contributed by atoms with Crippen LogP contribution < -0.4 is 5.32 Å². The molecule has 1 heterocycles. The van der Waals surface area contributed by atoms with E-state index in [0.717, 1.165) is 44.9 Å². The lowest BCUT2D eigenvalue weighted by molar-refractivity contribution is -0.302. The van der Waals surface area contributed by atoms with E-state index in [-0.39, 0.29) is 6.61 Å². The molecule has 66 heavy (non-hydrogen) atoms. The average Bonchev–Trinajstić information content (AvgIpc) is 3.32. The van der Waals surface area contributed by atoms with Gasteiger partial charge < -0.3 is 45.4 Å². The summed E-state index contributed by atoms with van der Waals surface area (Å²) in [6, 6.07) is -0.888. The summed E-state index contributed by atoms with van der Waals surface area (Å²) in [5, 5.41) is 65.0. The third kappa shape index (κ3) is 35.3. The van der Waals surface area contributed by atoms with E-state index >= 15 is 0 Å². The molecular weight excluding hydrogens is 831 g/mol. The van der Waals surface area contributed by atoms with Gasteiger partial charge in [-0.15, -0.1) is 0 Å². The number of aliphatic hydroxyl groups excluding tert-OH is 6. The van der Waals surface area contributed by atoms with Crippen LogP contribution >= 0.6 is 0 Å². The van der Waals surface area contributed by atoms with Crippen LogP contribution in [0.2, 0.25) is 0 Å². The maximum Gasteiger partial charge on any atom is 0.249 e. The van der Waals surface area contributed by atoms with Crippen molar-refractivity contribution in [2.45, 2.75) is 339 Å². The zero-order valence-corrected chi connectivity index (χ0v) is 43.3. The van der Waals surface area contributed by atoms with Gasteiger partial charge in [0.25, 0.3) is 0 Å². The van der Waals surface area contributed by atoms with Crippen molar-refractivity contribution in [1.82, 2.24) is 5.32 Å². The van der Waals surface area contributed by atoms with E-state index in [4.69, 9.17) is 9.47 Å². The van der Waals surface area contributed by atoms with Gasteiger partial charge in [-0.25, -0.2) is 0 Å². The number of hydrogen-bond donors (Lipinski definition) is 7. The van der Waals surface area contributed by atoms with E-state index in [1.165, 1.54) is 218 Å². The van der Waals surface area contributed by atoms with Crippen LogP contribution in [0.15, 0.2) is 0 Å². The number of ether oxygens (including phenoxy) is 2. The molecule has 1 rings (SSSR count). The fourth-order valence-electron chi connectivity index (χ4n) is 9.64. The molecule has 0 radical (unpaired) electrons. The molecule has 0 bridgehead atoms. The molecule has 8 unspecified atom stereocenters. The summed E-state index contributed by atoms with van der Waals surface area (Å²) in [4.78, 5) is 13.1. The van der Waals surface area contributed by atoms with Crippen molar-refractivity contribution in [3.05, 3.63) is 0 Å². The molecule has 0 aromatic heterocycles. The molecule has 394 valence electrons. The highest BCUT2D eigenvalue weighted by Crippen LogP contribution is 2.23. The number of carbonyl (C=O) groups excluding carboxylic acids is 1. The molecule has 0 aliphatic carbocycles. The zero-order valence-electron chi connectivity index (χ0n) is 43.3. The quantitative estimate of drug-likeness (QED) is 0.0294. The van der Waals surface area contributed by atoms with Gasteiger partial charge in [-0.05, 0) is 12.8 Å². The molecule has 10 heteroatoms. The van der Waals surface area contributed by atoms with Crippen molar-refractivity contribution >= 4 is 5.91 Å². The average molecular weight is 943 g/mol. The van der Waals surface area contributed by atoms with Gasteiger partial charge in [0.1, 0.15) is 30.5 Å². The van der Waals surface area contributed by atoms with Crippen molar-refractivity contribution in [1.29, 1.82) is 0 Å². The number of hydrogen-bond acceptors (Lipinski definition) is 9. The van der Waals surface area contributed by atoms with Gasteiger partial charge in [0, 0.05) is 0 Å². The molecule has 0 saturated carbocycles.